The standard InChI is InChI=1S/C18H25N3OS/c1-12-6-7-15-16(9-12)20-17(19-15)14-5-4-8-21(10-14)18(22)13(2)11-23-3/h6-7,9,13-14H,4-5,8,10-11H2,1-3H3,(H,19,20)/t13-,14-/m0/s1. The normalized spacial score (nSPS) is 20.0. The van der Waals surface area contributed by atoms with Crippen molar-refractivity contribution in [3.8, 4) is 0 Å². The van der Waals surface area contributed by atoms with Crippen LogP contribution in [-0.4, -0.2) is 45.9 Å². The number of imidazole rings is 1. The smallest absolute Gasteiger partial charge is 0.226 e. The minimum atomic E-state index is 0.0991. The molecule has 4 nitrogen and oxygen atoms in total. The van der Waals surface area contributed by atoms with Gasteiger partial charge in [-0.3, -0.25) is 4.79 Å². The zero-order valence-corrected chi connectivity index (χ0v) is 14.9. The summed E-state index contributed by atoms with van der Waals surface area (Å²) in [6.07, 6.45) is 4.21. The number of aryl methyl sites for hydroxylation is 1. The van der Waals surface area contributed by atoms with Crippen LogP contribution in [0.4, 0.5) is 0 Å². The SMILES string of the molecule is CSC[C@H](C)C(=O)N1CCC[C@H](c2nc3ccc(C)cc3[nH]2)C1. The van der Waals surface area contributed by atoms with Gasteiger partial charge in [0.15, 0.2) is 0 Å². The molecule has 5 heteroatoms. The van der Waals surface area contributed by atoms with Crippen LogP contribution in [0.5, 0.6) is 0 Å². The number of nitrogens with zero attached hydrogens (tertiary/aromatic N) is 2. The van der Waals surface area contributed by atoms with Crippen molar-refractivity contribution in [3.05, 3.63) is 29.6 Å². The van der Waals surface area contributed by atoms with E-state index in [1.165, 1.54) is 5.56 Å². The molecule has 0 spiro atoms. The number of carbonyl (C=O) groups is 1. The molecule has 2 aromatic rings. The number of piperidine rings is 1. The first-order valence-corrected chi connectivity index (χ1v) is 9.72. The molecule has 0 aliphatic carbocycles. The third kappa shape index (κ3) is 3.55. The van der Waals surface area contributed by atoms with Crippen molar-refractivity contribution < 1.29 is 4.79 Å². The summed E-state index contributed by atoms with van der Waals surface area (Å²) in [6, 6.07) is 6.29. The predicted molar refractivity (Wildman–Crippen MR) is 96.9 cm³/mol. The highest BCUT2D eigenvalue weighted by atomic mass is 32.2. The van der Waals surface area contributed by atoms with Crippen LogP contribution in [0.3, 0.4) is 0 Å². The van der Waals surface area contributed by atoms with Gasteiger partial charge in [-0.25, -0.2) is 4.98 Å². The van der Waals surface area contributed by atoms with E-state index < -0.39 is 0 Å². The Balaban J connectivity index is 1.75. The molecule has 2 heterocycles. The van der Waals surface area contributed by atoms with Crippen LogP contribution in [0, 0.1) is 12.8 Å². The van der Waals surface area contributed by atoms with Crippen LogP contribution in [0.2, 0.25) is 0 Å². The Morgan fingerprint density at radius 2 is 2.35 bits per heavy atom. The zero-order valence-electron chi connectivity index (χ0n) is 14.1. The molecule has 0 saturated carbocycles. The number of amides is 1. The monoisotopic (exact) mass is 331 g/mol. The van der Waals surface area contributed by atoms with Gasteiger partial charge < -0.3 is 9.88 Å². The van der Waals surface area contributed by atoms with Crippen LogP contribution >= 0.6 is 11.8 Å². The fourth-order valence-corrected chi connectivity index (χ4v) is 4.01. The van der Waals surface area contributed by atoms with Crippen LogP contribution in [-0.2, 0) is 4.79 Å². The first kappa shape index (κ1) is 16.4. The van der Waals surface area contributed by atoms with E-state index in [4.69, 9.17) is 4.98 Å². The van der Waals surface area contributed by atoms with Gasteiger partial charge >= 0.3 is 0 Å². The Kier molecular flexibility index (Phi) is 4.95. The van der Waals surface area contributed by atoms with Crippen molar-refractivity contribution in [2.45, 2.75) is 32.6 Å². The van der Waals surface area contributed by atoms with E-state index in [-0.39, 0.29) is 11.8 Å². The lowest BCUT2D eigenvalue weighted by Crippen LogP contribution is -2.42. The second-order valence-corrected chi connectivity index (χ2v) is 7.53. The topological polar surface area (TPSA) is 49.0 Å². The molecule has 1 amide bonds. The Labute approximate surface area is 142 Å². The molecule has 3 rings (SSSR count). The number of thioether (sulfide) groups is 1. The Hall–Kier alpha value is -1.49. The lowest BCUT2D eigenvalue weighted by Gasteiger charge is -2.33. The average Bonchev–Trinajstić information content (AvgIpc) is 2.97. The van der Waals surface area contributed by atoms with Gasteiger partial charge in [0.25, 0.3) is 0 Å². The average molecular weight is 331 g/mol. The van der Waals surface area contributed by atoms with E-state index in [9.17, 15) is 4.79 Å². The molecular formula is C18H25N3OS. The maximum atomic E-state index is 12.6. The molecule has 23 heavy (non-hydrogen) atoms. The summed E-state index contributed by atoms with van der Waals surface area (Å²) >= 11 is 1.74. The number of H-pyrrole nitrogens is 1. The van der Waals surface area contributed by atoms with Crippen molar-refractivity contribution in [2.75, 3.05) is 25.1 Å². The third-order valence-corrected chi connectivity index (χ3v) is 5.45. The van der Waals surface area contributed by atoms with E-state index in [1.54, 1.807) is 11.8 Å². The predicted octanol–water partition coefficient (Wildman–Crippen LogP) is 3.58. The summed E-state index contributed by atoms with van der Waals surface area (Å²) < 4.78 is 0. The summed E-state index contributed by atoms with van der Waals surface area (Å²) in [5.41, 5.74) is 3.35. The minimum absolute atomic E-state index is 0.0991. The van der Waals surface area contributed by atoms with Gasteiger partial charge in [0.2, 0.25) is 5.91 Å². The molecule has 1 N–H and O–H groups in total. The molecule has 1 aliphatic heterocycles. The van der Waals surface area contributed by atoms with E-state index in [2.05, 4.69) is 36.4 Å². The van der Waals surface area contributed by atoms with Gasteiger partial charge in [0, 0.05) is 30.7 Å². The zero-order chi connectivity index (χ0) is 16.4. The molecule has 1 aliphatic rings. The summed E-state index contributed by atoms with van der Waals surface area (Å²) in [6.45, 7) is 5.80. The fraction of sp³-hybridized carbons (Fsp3) is 0.556. The number of nitrogens with one attached hydrogen (secondary N) is 1. The van der Waals surface area contributed by atoms with E-state index in [0.717, 1.165) is 48.5 Å². The van der Waals surface area contributed by atoms with Crippen molar-refractivity contribution >= 4 is 28.7 Å². The number of rotatable bonds is 4. The van der Waals surface area contributed by atoms with Gasteiger partial charge in [0.05, 0.1) is 11.0 Å². The number of hydrogen-bond acceptors (Lipinski definition) is 3. The second kappa shape index (κ2) is 6.95. The van der Waals surface area contributed by atoms with Crippen molar-refractivity contribution in [1.29, 1.82) is 0 Å². The molecule has 2 atom stereocenters. The lowest BCUT2D eigenvalue weighted by molar-refractivity contribution is -0.135. The molecule has 1 fully saturated rings. The Morgan fingerprint density at radius 1 is 1.52 bits per heavy atom. The maximum absolute atomic E-state index is 12.6. The van der Waals surface area contributed by atoms with Crippen molar-refractivity contribution in [2.24, 2.45) is 5.92 Å². The first-order valence-electron chi connectivity index (χ1n) is 8.32. The van der Waals surface area contributed by atoms with Gasteiger partial charge in [-0.15, -0.1) is 0 Å². The Bertz CT molecular complexity index is 697. The summed E-state index contributed by atoms with van der Waals surface area (Å²) in [7, 11) is 0. The Morgan fingerprint density at radius 3 is 3.13 bits per heavy atom. The minimum Gasteiger partial charge on any atom is -0.342 e. The molecule has 0 unspecified atom stereocenters. The van der Waals surface area contributed by atoms with Gasteiger partial charge in [-0.05, 0) is 43.7 Å². The van der Waals surface area contributed by atoms with Crippen LogP contribution < -0.4 is 0 Å². The molecule has 124 valence electrons. The molecule has 1 aromatic carbocycles. The van der Waals surface area contributed by atoms with Crippen LogP contribution in [0.1, 0.15) is 37.1 Å². The second-order valence-electron chi connectivity index (χ2n) is 6.62. The highest BCUT2D eigenvalue weighted by Gasteiger charge is 2.28. The van der Waals surface area contributed by atoms with Crippen LogP contribution in [0.25, 0.3) is 11.0 Å². The first-order chi connectivity index (χ1) is 11.1. The molecule has 0 radical (unpaired) electrons. The number of aromatic nitrogens is 2. The van der Waals surface area contributed by atoms with Crippen LogP contribution in [0.15, 0.2) is 18.2 Å². The van der Waals surface area contributed by atoms with Crippen molar-refractivity contribution in [3.63, 3.8) is 0 Å². The molecule has 0 bridgehead atoms. The molecule has 1 aromatic heterocycles. The number of benzene rings is 1. The summed E-state index contributed by atoms with van der Waals surface area (Å²) in [5.74, 6) is 2.63. The quantitative estimate of drug-likeness (QED) is 0.931. The van der Waals surface area contributed by atoms with E-state index >= 15 is 0 Å². The number of likely N-dealkylation sites (tertiary alicyclic amines) is 1. The molecule has 1 saturated heterocycles. The number of hydrogen-bond donors (Lipinski definition) is 1. The number of fused-ring (bicyclic) bond motifs is 1. The number of carbonyl (C=O) groups excluding carboxylic acids is 1. The molecular weight excluding hydrogens is 306 g/mol. The van der Waals surface area contributed by atoms with E-state index in [0.29, 0.717) is 5.92 Å². The maximum Gasteiger partial charge on any atom is 0.226 e. The van der Waals surface area contributed by atoms with Gasteiger partial charge in [0.1, 0.15) is 5.82 Å². The third-order valence-electron chi connectivity index (χ3n) is 4.61. The lowest BCUT2D eigenvalue weighted by atomic mass is 9.96. The summed E-state index contributed by atoms with van der Waals surface area (Å²) in [5, 5.41) is 0. The highest BCUT2D eigenvalue weighted by Crippen LogP contribution is 2.28. The number of aromatic amines is 1. The summed E-state index contributed by atoms with van der Waals surface area (Å²) in [4.78, 5) is 22.8. The van der Waals surface area contributed by atoms with Gasteiger partial charge in [-0.2, -0.15) is 11.8 Å². The fourth-order valence-electron chi connectivity index (χ4n) is 3.37. The largest absolute Gasteiger partial charge is 0.342 e. The van der Waals surface area contributed by atoms with E-state index in [1.807, 2.05) is 11.8 Å². The van der Waals surface area contributed by atoms with Crippen molar-refractivity contribution in [1.82, 2.24) is 14.9 Å². The highest BCUT2D eigenvalue weighted by molar-refractivity contribution is 7.98. The van der Waals surface area contributed by atoms with Gasteiger partial charge in [-0.1, -0.05) is 13.0 Å².